The molecule has 0 bridgehead atoms. The Kier molecular flexibility index (Phi) is 3.03. The number of fused-ring (bicyclic) bond motifs is 2. The number of nitrogens with one attached hydrogen (secondary N) is 2. The van der Waals surface area contributed by atoms with Gasteiger partial charge in [0.25, 0.3) is 0 Å². The molecule has 0 amide bonds. The first-order chi connectivity index (χ1) is 10.2. The number of rotatable bonds is 1. The van der Waals surface area contributed by atoms with Gasteiger partial charge in [-0.25, -0.2) is 4.98 Å². The number of piperidine rings is 1. The number of aromatic amines is 1. The summed E-state index contributed by atoms with van der Waals surface area (Å²) in [4.78, 5) is 8.26. The number of hydrogen-bond donors (Lipinski definition) is 2. The average molecular weight is 287 g/mol. The van der Waals surface area contributed by atoms with Crippen LogP contribution in [0, 0.1) is 0 Å². The van der Waals surface area contributed by atoms with E-state index in [2.05, 4.69) is 17.2 Å². The second-order valence-electron chi connectivity index (χ2n) is 6.17. The van der Waals surface area contributed by atoms with E-state index in [1.807, 2.05) is 12.1 Å². The summed E-state index contributed by atoms with van der Waals surface area (Å²) < 4.78 is 11.5. The van der Waals surface area contributed by atoms with Crippen molar-refractivity contribution in [2.45, 2.75) is 38.1 Å². The first kappa shape index (κ1) is 13.0. The van der Waals surface area contributed by atoms with E-state index in [9.17, 15) is 0 Å². The highest BCUT2D eigenvalue weighted by Gasteiger charge is 2.31. The van der Waals surface area contributed by atoms with Crippen LogP contribution in [-0.4, -0.2) is 29.7 Å². The second-order valence-corrected chi connectivity index (χ2v) is 6.17. The van der Waals surface area contributed by atoms with Crippen LogP contribution in [0.25, 0.3) is 11.0 Å². The van der Waals surface area contributed by atoms with Gasteiger partial charge in [0.05, 0.1) is 29.8 Å². The van der Waals surface area contributed by atoms with Crippen molar-refractivity contribution in [3.05, 3.63) is 18.0 Å². The predicted octanol–water partition coefficient (Wildman–Crippen LogP) is 2.71. The van der Waals surface area contributed by atoms with E-state index in [1.165, 1.54) is 12.8 Å². The first-order valence-corrected chi connectivity index (χ1v) is 7.79. The van der Waals surface area contributed by atoms with E-state index < -0.39 is 0 Å². The maximum absolute atomic E-state index is 5.75. The highest BCUT2D eigenvalue weighted by molar-refractivity contribution is 5.80. The van der Waals surface area contributed by atoms with Gasteiger partial charge in [0, 0.05) is 18.6 Å². The minimum Gasteiger partial charge on any atom is -0.489 e. The van der Waals surface area contributed by atoms with Crippen molar-refractivity contribution in [1.82, 2.24) is 15.3 Å². The molecule has 0 radical (unpaired) electrons. The third-order valence-electron chi connectivity index (χ3n) is 4.49. The van der Waals surface area contributed by atoms with Gasteiger partial charge in [-0.2, -0.15) is 0 Å². The third-order valence-corrected chi connectivity index (χ3v) is 4.49. The summed E-state index contributed by atoms with van der Waals surface area (Å²) in [7, 11) is 0. The Morgan fingerprint density at radius 1 is 1.10 bits per heavy atom. The summed E-state index contributed by atoms with van der Waals surface area (Å²) in [6.07, 6.45) is 4.51. The Balaban J connectivity index is 1.76. The molecule has 1 atom stereocenters. The van der Waals surface area contributed by atoms with Gasteiger partial charge in [0.2, 0.25) is 0 Å². The van der Waals surface area contributed by atoms with Crippen LogP contribution < -0.4 is 14.8 Å². The van der Waals surface area contributed by atoms with Gasteiger partial charge in [-0.05, 0) is 32.7 Å². The molecule has 112 valence electrons. The van der Waals surface area contributed by atoms with E-state index in [4.69, 9.17) is 14.5 Å². The summed E-state index contributed by atoms with van der Waals surface area (Å²) in [5.74, 6) is 2.63. The number of hydrogen-bond acceptors (Lipinski definition) is 4. The molecule has 21 heavy (non-hydrogen) atoms. The average Bonchev–Trinajstić information content (AvgIpc) is 2.78. The molecule has 3 heterocycles. The van der Waals surface area contributed by atoms with Gasteiger partial charge in [-0.15, -0.1) is 0 Å². The van der Waals surface area contributed by atoms with E-state index in [1.54, 1.807) is 0 Å². The van der Waals surface area contributed by atoms with Gasteiger partial charge in [-0.3, -0.25) is 0 Å². The molecular formula is C16H21N3O2. The van der Waals surface area contributed by atoms with Gasteiger partial charge in [0.15, 0.2) is 11.5 Å². The smallest absolute Gasteiger partial charge is 0.163 e. The Morgan fingerprint density at radius 3 is 2.67 bits per heavy atom. The van der Waals surface area contributed by atoms with Crippen molar-refractivity contribution in [1.29, 1.82) is 0 Å². The lowest BCUT2D eigenvalue weighted by Crippen LogP contribution is -2.44. The molecule has 2 N–H and O–H groups in total. The number of benzene rings is 1. The van der Waals surface area contributed by atoms with Crippen LogP contribution in [0.15, 0.2) is 12.1 Å². The topological polar surface area (TPSA) is 59.2 Å². The molecule has 0 saturated carbocycles. The van der Waals surface area contributed by atoms with Crippen molar-refractivity contribution in [2.75, 3.05) is 19.8 Å². The summed E-state index contributed by atoms with van der Waals surface area (Å²) >= 11 is 0. The number of ether oxygens (including phenoxy) is 2. The Hall–Kier alpha value is -1.75. The zero-order chi connectivity index (χ0) is 14.3. The maximum Gasteiger partial charge on any atom is 0.163 e. The van der Waals surface area contributed by atoms with Crippen LogP contribution in [0.5, 0.6) is 11.5 Å². The molecular weight excluding hydrogens is 266 g/mol. The molecule has 0 spiro atoms. The Morgan fingerprint density at radius 2 is 1.90 bits per heavy atom. The van der Waals surface area contributed by atoms with Crippen LogP contribution in [-0.2, 0) is 5.54 Å². The highest BCUT2D eigenvalue weighted by atomic mass is 16.5. The molecule has 1 aromatic carbocycles. The molecule has 2 aliphatic heterocycles. The van der Waals surface area contributed by atoms with Crippen molar-refractivity contribution in [3.8, 4) is 11.5 Å². The van der Waals surface area contributed by atoms with E-state index in [-0.39, 0.29) is 5.54 Å². The predicted molar refractivity (Wildman–Crippen MR) is 80.9 cm³/mol. The molecule has 1 fully saturated rings. The minimum atomic E-state index is -0.0591. The number of nitrogens with zero attached hydrogens (tertiary/aromatic N) is 1. The molecule has 5 heteroatoms. The van der Waals surface area contributed by atoms with Crippen LogP contribution in [0.3, 0.4) is 0 Å². The molecule has 4 rings (SSSR count). The summed E-state index contributed by atoms with van der Waals surface area (Å²) in [6.45, 7) is 4.69. The number of aromatic nitrogens is 2. The van der Waals surface area contributed by atoms with Crippen molar-refractivity contribution < 1.29 is 9.47 Å². The lowest BCUT2D eigenvalue weighted by molar-refractivity contribution is 0.271. The summed E-state index contributed by atoms with van der Waals surface area (Å²) in [6, 6.07) is 4.00. The molecule has 1 saturated heterocycles. The lowest BCUT2D eigenvalue weighted by atomic mass is 9.90. The van der Waals surface area contributed by atoms with Crippen molar-refractivity contribution >= 4 is 11.0 Å². The normalized spacial score (nSPS) is 25.8. The number of imidazole rings is 1. The van der Waals surface area contributed by atoms with Gasteiger partial charge < -0.3 is 19.8 Å². The van der Waals surface area contributed by atoms with Gasteiger partial charge in [0.1, 0.15) is 5.82 Å². The van der Waals surface area contributed by atoms with E-state index in [0.29, 0.717) is 13.2 Å². The third kappa shape index (κ3) is 2.25. The Labute approximate surface area is 124 Å². The highest BCUT2D eigenvalue weighted by Crippen LogP contribution is 2.35. The standard InChI is InChI=1S/C16H21N3O2/c1-16(5-2-3-6-17-16)15-18-11-9-13-14(10-12(11)19-15)21-8-4-7-20-13/h9-10,17H,2-8H2,1H3,(H,18,19). The van der Waals surface area contributed by atoms with Crippen LogP contribution >= 0.6 is 0 Å². The number of H-pyrrole nitrogens is 1. The first-order valence-electron chi connectivity index (χ1n) is 7.79. The van der Waals surface area contributed by atoms with Crippen LogP contribution in [0.1, 0.15) is 38.4 Å². The quantitative estimate of drug-likeness (QED) is 0.846. The lowest BCUT2D eigenvalue weighted by Gasteiger charge is -2.33. The molecule has 2 aliphatic rings. The molecule has 5 nitrogen and oxygen atoms in total. The molecule has 2 aromatic rings. The fraction of sp³-hybridized carbons (Fsp3) is 0.562. The zero-order valence-corrected chi connectivity index (χ0v) is 12.4. The fourth-order valence-electron chi connectivity index (χ4n) is 3.19. The summed E-state index contributed by atoms with van der Waals surface area (Å²) in [5.41, 5.74) is 1.90. The van der Waals surface area contributed by atoms with E-state index >= 15 is 0 Å². The Bertz CT molecular complexity index is 616. The van der Waals surface area contributed by atoms with Gasteiger partial charge in [-0.1, -0.05) is 0 Å². The SMILES string of the molecule is CC1(c2nc3cc4c(cc3[nH]2)OCCCO4)CCCCN1. The minimum absolute atomic E-state index is 0.0591. The second kappa shape index (κ2) is 4.91. The molecule has 1 unspecified atom stereocenters. The molecule has 0 aliphatic carbocycles. The van der Waals surface area contributed by atoms with Crippen molar-refractivity contribution in [3.63, 3.8) is 0 Å². The van der Waals surface area contributed by atoms with Crippen molar-refractivity contribution in [2.24, 2.45) is 0 Å². The fourth-order valence-corrected chi connectivity index (χ4v) is 3.19. The molecule has 1 aromatic heterocycles. The summed E-state index contributed by atoms with van der Waals surface area (Å²) in [5, 5.41) is 3.60. The largest absolute Gasteiger partial charge is 0.489 e. The van der Waals surface area contributed by atoms with E-state index in [0.717, 1.165) is 47.7 Å². The van der Waals surface area contributed by atoms with Crippen LogP contribution in [0.2, 0.25) is 0 Å². The monoisotopic (exact) mass is 287 g/mol. The van der Waals surface area contributed by atoms with Crippen LogP contribution in [0.4, 0.5) is 0 Å². The zero-order valence-electron chi connectivity index (χ0n) is 12.4. The van der Waals surface area contributed by atoms with Gasteiger partial charge >= 0.3 is 0 Å². The maximum atomic E-state index is 5.75.